The summed E-state index contributed by atoms with van der Waals surface area (Å²) in [4.78, 5) is 0. The Morgan fingerprint density at radius 1 is 0.559 bits per heavy atom. The molecule has 2 aliphatic carbocycles. The van der Waals surface area contributed by atoms with E-state index in [-0.39, 0.29) is 44.7 Å². The first-order valence-corrected chi connectivity index (χ1v) is 12.8. The van der Waals surface area contributed by atoms with Crippen molar-refractivity contribution in [2.75, 3.05) is 0 Å². The molecular weight excluding hydrogens is 424 g/mol. The van der Waals surface area contributed by atoms with Gasteiger partial charge >= 0.3 is 0 Å². The highest BCUT2D eigenvalue weighted by atomic mass is 16.3. The fourth-order valence-electron chi connectivity index (χ4n) is 6.77. The lowest BCUT2D eigenvalue weighted by atomic mass is 9.64. The first-order valence-electron chi connectivity index (χ1n) is 12.8. The van der Waals surface area contributed by atoms with Crippen molar-refractivity contribution in [1.29, 1.82) is 0 Å². The highest BCUT2D eigenvalue weighted by Gasteiger charge is 2.49. The molecule has 0 bridgehead atoms. The van der Waals surface area contributed by atoms with Crippen molar-refractivity contribution >= 4 is 0 Å². The number of phenols is 4. The summed E-state index contributed by atoms with van der Waals surface area (Å²) in [5.74, 6) is -0.124. The van der Waals surface area contributed by atoms with Gasteiger partial charge in [-0.15, -0.1) is 0 Å². The van der Waals surface area contributed by atoms with Gasteiger partial charge in [-0.3, -0.25) is 0 Å². The first-order chi connectivity index (χ1) is 15.7. The van der Waals surface area contributed by atoms with Crippen molar-refractivity contribution in [3.8, 4) is 23.0 Å². The van der Waals surface area contributed by atoms with Crippen LogP contribution in [0.15, 0.2) is 24.3 Å². The van der Waals surface area contributed by atoms with E-state index >= 15 is 0 Å². The van der Waals surface area contributed by atoms with Gasteiger partial charge in [0.25, 0.3) is 0 Å². The lowest BCUT2D eigenvalue weighted by Crippen LogP contribution is -2.34. The average molecular weight is 467 g/mol. The predicted molar refractivity (Wildman–Crippen MR) is 137 cm³/mol. The van der Waals surface area contributed by atoms with Gasteiger partial charge in [-0.2, -0.15) is 0 Å². The van der Waals surface area contributed by atoms with E-state index in [1.54, 1.807) is 12.1 Å². The van der Waals surface area contributed by atoms with Crippen LogP contribution in [0.2, 0.25) is 0 Å². The molecule has 4 nitrogen and oxygen atoms in total. The SMILES string of the molecule is CC1(C)CCCC1(C)c1cc(CCc2cc(O)c(O)c(C3(C)CCCC3(C)C)c2)cc(O)c1O. The maximum atomic E-state index is 10.8. The minimum atomic E-state index is -0.197. The van der Waals surface area contributed by atoms with Crippen LogP contribution in [0.5, 0.6) is 23.0 Å². The molecule has 4 N–H and O–H groups in total. The third-order valence-electron chi connectivity index (χ3n) is 10.1. The average Bonchev–Trinajstić information content (AvgIpc) is 3.19. The highest BCUT2D eigenvalue weighted by Crippen LogP contribution is 2.58. The summed E-state index contributed by atoms with van der Waals surface area (Å²) in [5, 5.41) is 42.6. The molecule has 0 aromatic heterocycles. The fourth-order valence-corrected chi connectivity index (χ4v) is 6.77. The minimum absolute atomic E-state index is 0.00202. The molecule has 0 heterocycles. The third kappa shape index (κ3) is 3.74. The largest absolute Gasteiger partial charge is 0.504 e. The van der Waals surface area contributed by atoms with Crippen molar-refractivity contribution in [3.05, 3.63) is 46.5 Å². The Morgan fingerprint density at radius 2 is 0.912 bits per heavy atom. The summed E-state index contributed by atoms with van der Waals surface area (Å²) in [6, 6.07) is 7.44. The van der Waals surface area contributed by atoms with Crippen LogP contribution in [0, 0.1) is 10.8 Å². The van der Waals surface area contributed by atoms with E-state index in [4.69, 9.17) is 0 Å². The molecule has 0 radical (unpaired) electrons. The van der Waals surface area contributed by atoms with E-state index in [2.05, 4.69) is 53.7 Å². The topological polar surface area (TPSA) is 80.9 Å². The summed E-state index contributed by atoms with van der Waals surface area (Å²) in [7, 11) is 0. The summed E-state index contributed by atoms with van der Waals surface area (Å²) in [6.45, 7) is 13.4. The van der Waals surface area contributed by atoms with Crippen LogP contribution in [-0.4, -0.2) is 20.4 Å². The second kappa shape index (κ2) is 8.10. The number of rotatable bonds is 5. The Kier molecular flexibility index (Phi) is 5.90. The zero-order valence-electron chi connectivity index (χ0n) is 21.8. The predicted octanol–water partition coefficient (Wildman–Crippen LogP) is 7.23. The number of phenolic OH excluding ortho intramolecular Hbond substituents is 4. The monoisotopic (exact) mass is 466 g/mol. The summed E-state index contributed by atoms with van der Waals surface area (Å²) >= 11 is 0. The van der Waals surface area contributed by atoms with Gasteiger partial charge in [-0.1, -0.05) is 66.5 Å². The number of aryl methyl sites for hydroxylation is 2. The smallest absolute Gasteiger partial charge is 0.161 e. The second-order valence-electron chi connectivity index (χ2n) is 12.7. The lowest BCUT2D eigenvalue weighted by Gasteiger charge is -2.40. The van der Waals surface area contributed by atoms with Crippen molar-refractivity contribution in [1.82, 2.24) is 0 Å². The van der Waals surface area contributed by atoms with Crippen LogP contribution >= 0.6 is 0 Å². The Morgan fingerprint density at radius 3 is 1.21 bits per heavy atom. The van der Waals surface area contributed by atoms with Gasteiger partial charge in [0.1, 0.15) is 0 Å². The molecule has 34 heavy (non-hydrogen) atoms. The Labute approximate surface area is 204 Å². The highest BCUT2D eigenvalue weighted by molar-refractivity contribution is 5.54. The summed E-state index contributed by atoms with van der Waals surface area (Å²) in [6.07, 6.45) is 7.72. The molecule has 186 valence electrons. The van der Waals surface area contributed by atoms with Gasteiger partial charge in [-0.25, -0.2) is 0 Å². The molecule has 4 heteroatoms. The molecule has 4 rings (SSSR count). The fraction of sp³-hybridized carbons (Fsp3) is 0.600. The lowest BCUT2D eigenvalue weighted by molar-refractivity contribution is 0.217. The number of hydrogen-bond donors (Lipinski definition) is 4. The molecular formula is C30H42O4. The van der Waals surface area contributed by atoms with Crippen LogP contribution in [0.3, 0.4) is 0 Å². The van der Waals surface area contributed by atoms with Crippen molar-refractivity contribution in [2.45, 2.75) is 104 Å². The van der Waals surface area contributed by atoms with Crippen molar-refractivity contribution in [3.63, 3.8) is 0 Å². The van der Waals surface area contributed by atoms with Gasteiger partial charge in [0, 0.05) is 22.0 Å². The Hall–Kier alpha value is -2.36. The zero-order valence-corrected chi connectivity index (χ0v) is 21.8. The number of hydrogen-bond acceptors (Lipinski definition) is 4. The van der Waals surface area contributed by atoms with Crippen LogP contribution in [0.1, 0.15) is 102 Å². The molecule has 0 spiro atoms. The van der Waals surface area contributed by atoms with Crippen molar-refractivity contribution in [2.24, 2.45) is 10.8 Å². The summed E-state index contributed by atoms with van der Waals surface area (Å²) in [5.41, 5.74) is 3.28. The van der Waals surface area contributed by atoms with Gasteiger partial charge in [0.15, 0.2) is 23.0 Å². The van der Waals surface area contributed by atoms with Crippen LogP contribution in [0.25, 0.3) is 0 Å². The molecule has 2 aromatic carbocycles. The molecule has 2 unspecified atom stereocenters. The van der Waals surface area contributed by atoms with Crippen LogP contribution < -0.4 is 0 Å². The molecule has 2 fully saturated rings. The molecule has 0 amide bonds. The summed E-state index contributed by atoms with van der Waals surface area (Å²) < 4.78 is 0. The molecule has 0 aliphatic heterocycles. The second-order valence-corrected chi connectivity index (χ2v) is 12.7. The maximum absolute atomic E-state index is 10.8. The zero-order chi connectivity index (χ0) is 25.1. The molecule has 2 aromatic rings. The van der Waals surface area contributed by atoms with E-state index in [0.29, 0.717) is 12.8 Å². The Balaban J connectivity index is 1.65. The van der Waals surface area contributed by atoms with E-state index in [9.17, 15) is 20.4 Å². The standard InChI is InChI=1S/C30H42O4/c1-27(2)11-7-13-29(27,5)21-15-19(17-23(31)25(21)33)9-10-20-16-22(26(34)24(32)18-20)30(6)14-8-12-28(30,3)4/h15-18,31-34H,7-14H2,1-6H3. The van der Waals surface area contributed by atoms with Gasteiger partial charge in [0.05, 0.1) is 0 Å². The Bertz CT molecular complexity index is 1010. The van der Waals surface area contributed by atoms with Crippen LogP contribution in [0.4, 0.5) is 0 Å². The van der Waals surface area contributed by atoms with Crippen LogP contribution in [-0.2, 0) is 23.7 Å². The van der Waals surface area contributed by atoms with Gasteiger partial charge < -0.3 is 20.4 Å². The van der Waals surface area contributed by atoms with E-state index in [0.717, 1.165) is 60.8 Å². The van der Waals surface area contributed by atoms with E-state index in [1.165, 1.54) is 0 Å². The number of benzene rings is 2. The first kappa shape index (κ1) is 24.8. The number of aromatic hydroxyl groups is 4. The van der Waals surface area contributed by atoms with E-state index in [1.807, 2.05) is 0 Å². The molecule has 2 atom stereocenters. The maximum Gasteiger partial charge on any atom is 0.161 e. The van der Waals surface area contributed by atoms with E-state index < -0.39 is 0 Å². The quantitative estimate of drug-likeness (QED) is 0.350. The molecule has 0 saturated heterocycles. The molecule has 2 aliphatic rings. The van der Waals surface area contributed by atoms with Gasteiger partial charge in [0.2, 0.25) is 0 Å². The third-order valence-corrected chi connectivity index (χ3v) is 10.1. The van der Waals surface area contributed by atoms with Gasteiger partial charge in [-0.05, 0) is 72.6 Å². The van der Waals surface area contributed by atoms with Crippen molar-refractivity contribution < 1.29 is 20.4 Å². The molecule has 2 saturated carbocycles. The normalized spacial score (nSPS) is 27.8. The minimum Gasteiger partial charge on any atom is -0.504 e.